The van der Waals surface area contributed by atoms with E-state index in [4.69, 9.17) is 23.2 Å². The zero-order valence-corrected chi connectivity index (χ0v) is 21.9. The maximum Gasteiger partial charge on any atom is 0.411 e. The summed E-state index contributed by atoms with van der Waals surface area (Å²) in [5.74, 6) is 0.656. The van der Waals surface area contributed by atoms with E-state index in [1.165, 1.54) is 18.1 Å². The number of aromatic nitrogens is 7. The van der Waals surface area contributed by atoms with Gasteiger partial charge in [-0.3, -0.25) is 10.1 Å². The summed E-state index contributed by atoms with van der Waals surface area (Å²) in [4.78, 5) is 32.8. The van der Waals surface area contributed by atoms with Crippen molar-refractivity contribution >= 4 is 35.0 Å². The van der Waals surface area contributed by atoms with Crippen LogP contribution in [0.1, 0.15) is 24.0 Å². The summed E-state index contributed by atoms with van der Waals surface area (Å²) in [5.41, 5.74) is 4.84. The summed E-state index contributed by atoms with van der Waals surface area (Å²) >= 11 is 12.8. The molecule has 6 rings (SSSR count). The lowest BCUT2D eigenvalue weighted by Crippen LogP contribution is -2.23. The molecule has 4 heterocycles. The van der Waals surface area contributed by atoms with Gasteiger partial charge in [0.1, 0.15) is 12.2 Å². The van der Waals surface area contributed by atoms with E-state index in [1.54, 1.807) is 47.2 Å². The molecule has 1 aliphatic rings. The fourth-order valence-corrected chi connectivity index (χ4v) is 5.30. The van der Waals surface area contributed by atoms with Gasteiger partial charge < -0.3 is 14.3 Å². The number of anilines is 1. The van der Waals surface area contributed by atoms with Crippen LogP contribution in [-0.2, 0) is 11.2 Å². The van der Waals surface area contributed by atoms with Crippen molar-refractivity contribution in [3.05, 3.63) is 93.0 Å². The fourth-order valence-electron chi connectivity index (χ4n) is 4.84. The molecule has 1 atom stereocenters. The van der Waals surface area contributed by atoms with E-state index in [9.17, 15) is 9.59 Å². The number of aryl methyl sites for hydroxylation is 1. The second-order valence-electron chi connectivity index (χ2n) is 8.91. The number of tetrazole rings is 1. The number of ether oxygens (including phenoxy) is 1. The SMILES string of the molecule is COC(=O)Nc1ccc(-c2cnc([C@@H]3CCc4cc(-c5cc(Cl)ccc5-n5cnnn5)cc(=O)n43)[nH]2)c(Cl)c1. The van der Waals surface area contributed by atoms with Gasteiger partial charge >= 0.3 is 6.09 Å². The number of carbonyl (C=O) groups excluding carboxylic acids is 1. The smallest absolute Gasteiger partial charge is 0.411 e. The molecule has 11 nitrogen and oxygen atoms in total. The minimum absolute atomic E-state index is 0.151. The van der Waals surface area contributed by atoms with Crippen molar-refractivity contribution in [1.82, 2.24) is 34.7 Å². The lowest BCUT2D eigenvalue weighted by molar-refractivity contribution is 0.187. The molecule has 0 saturated heterocycles. The van der Waals surface area contributed by atoms with Crippen molar-refractivity contribution < 1.29 is 9.53 Å². The number of H-pyrrole nitrogens is 1. The highest BCUT2D eigenvalue weighted by Gasteiger charge is 2.28. The molecule has 0 unspecified atom stereocenters. The number of carbonyl (C=O) groups is 1. The number of hydrogen-bond donors (Lipinski definition) is 2. The fraction of sp³-hybridized carbons (Fsp3) is 0.154. The van der Waals surface area contributed by atoms with E-state index >= 15 is 0 Å². The van der Waals surface area contributed by atoms with Gasteiger partial charge in [-0.05, 0) is 71.3 Å². The first-order chi connectivity index (χ1) is 18.9. The normalized spacial score (nSPS) is 14.3. The zero-order chi connectivity index (χ0) is 27.1. The summed E-state index contributed by atoms with van der Waals surface area (Å²) < 4.78 is 7.91. The molecule has 0 bridgehead atoms. The lowest BCUT2D eigenvalue weighted by atomic mass is 10.0. The molecule has 1 amide bonds. The van der Waals surface area contributed by atoms with Crippen LogP contribution in [0.4, 0.5) is 10.5 Å². The molecular formula is C26H20Cl2N8O3. The van der Waals surface area contributed by atoms with E-state index in [0.29, 0.717) is 51.3 Å². The molecule has 2 aromatic carbocycles. The Morgan fingerprint density at radius 1 is 1.13 bits per heavy atom. The van der Waals surface area contributed by atoms with Crippen molar-refractivity contribution in [2.75, 3.05) is 12.4 Å². The largest absolute Gasteiger partial charge is 0.453 e. The van der Waals surface area contributed by atoms with Crippen LogP contribution in [0.5, 0.6) is 0 Å². The van der Waals surface area contributed by atoms with Crippen LogP contribution in [0.3, 0.4) is 0 Å². The minimum atomic E-state index is -0.585. The lowest BCUT2D eigenvalue weighted by Gasteiger charge is -2.15. The number of nitrogens with zero attached hydrogens (tertiary/aromatic N) is 6. The average molecular weight is 563 g/mol. The standard InChI is InChI=1S/C26H20Cl2N8O3/c1-39-26(38)31-16-3-5-18(20(28)11-16)21-12-29-25(32-21)23-7-4-17-8-14(9-24(37)36(17)23)19-10-15(27)2-6-22(19)35-13-30-33-34-35/h2-3,5-6,8-13,23H,4,7H2,1H3,(H,29,32)(H,31,38)/t23-/m0/s1. The first-order valence-corrected chi connectivity index (χ1v) is 12.7. The van der Waals surface area contributed by atoms with Crippen LogP contribution < -0.4 is 10.9 Å². The molecular weight excluding hydrogens is 543 g/mol. The monoisotopic (exact) mass is 562 g/mol. The quantitative estimate of drug-likeness (QED) is 0.311. The number of aromatic amines is 1. The second kappa shape index (κ2) is 10.0. The van der Waals surface area contributed by atoms with E-state index in [2.05, 4.69) is 35.5 Å². The minimum Gasteiger partial charge on any atom is -0.453 e. The summed E-state index contributed by atoms with van der Waals surface area (Å²) in [5, 5.41) is 15.0. The van der Waals surface area contributed by atoms with Gasteiger partial charge in [-0.25, -0.2) is 9.78 Å². The van der Waals surface area contributed by atoms with Crippen LogP contribution in [0, 0.1) is 0 Å². The van der Waals surface area contributed by atoms with Crippen LogP contribution >= 0.6 is 23.2 Å². The zero-order valence-electron chi connectivity index (χ0n) is 20.4. The molecule has 0 spiro atoms. The molecule has 0 aliphatic carbocycles. The van der Waals surface area contributed by atoms with Gasteiger partial charge in [0.2, 0.25) is 0 Å². The third kappa shape index (κ3) is 4.66. The predicted octanol–water partition coefficient (Wildman–Crippen LogP) is 4.90. The number of methoxy groups -OCH3 is 1. The number of benzene rings is 2. The number of imidazole rings is 1. The third-order valence-corrected chi connectivity index (χ3v) is 7.15. The molecule has 0 fully saturated rings. The van der Waals surface area contributed by atoms with Gasteiger partial charge in [-0.1, -0.05) is 23.2 Å². The average Bonchev–Trinajstić information content (AvgIpc) is 3.69. The molecule has 1 aliphatic heterocycles. The molecule has 196 valence electrons. The van der Waals surface area contributed by atoms with E-state index in [0.717, 1.165) is 16.8 Å². The van der Waals surface area contributed by atoms with Crippen molar-refractivity contribution in [3.63, 3.8) is 0 Å². The first-order valence-electron chi connectivity index (χ1n) is 11.9. The predicted molar refractivity (Wildman–Crippen MR) is 145 cm³/mol. The molecule has 0 radical (unpaired) electrons. The molecule has 0 saturated carbocycles. The van der Waals surface area contributed by atoms with Crippen molar-refractivity contribution in [2.24, 2.45) is 0 Å². The van der Waals surface area contributed by atoms with Crippen LogP contribution in [0.25, 0.3) is 28.1 Å². The third-order valence-electron chi connectivity index (χ3n) is 6.60. The Morgan fingerprint density at radius 2 is 2.00 bits per heavy atom. The highest BCUT2D eigenvalue weighted by atomic mass is 35.5. The first kappa shape index (κ1) is 24.8. The Bertz CT molecular complexity index is 1760. The van der Waals surface area contributed by atoms with Gasteiger partial charge in [-0.2, -0.15) is 4.68 Å². The molecule has 39 heavy (non-hydrogen) atoms. The van der Waals surface area contributed by atoms with Crippen LogP contribution in [0.2, 0.25) is 10.0 Å². The Balaban J connectivity index is 1.32. The van der Waals surface area contributed by atoms with Crippen molar-refractivity contribution in [2.45, 2.75) is 18.9 Å². The number of hydrogen-bond acceptors (Lipinski definition) is 7. The summed E-state index contributed by atoms with van der Waals surface area (Å²) in [6.45, 7) is 0. The number of fused-ring (bicyclic) bond motifs is 1. The molecule has 2 N–H and O–H groups in total. The van der Waals surface area contributed by atoms with Crippen LogP contribution in [0.15, 0.2) is 65.8 Å². The van der Waals surface area contributed by atoms with Gasteiger partial charge in [-0.15, -0.1) is 5.10 Å². The van der Waals surface area contributed by atoms with Crippen molar-refractivity contribution in [3.8, 4) is 28.1 Å². The molecule has 5 aromatic rings. The van der Waals surface area contributed by atoms with Crippen molar-refractivity contribution in [1.29, 1.82) is 0 Å². The number of nitrogens with one attached hydrogen (secondary N) is 2. The summed E-state index contributed by atoms with van der Waals surface area (Å²) in [6, 6.07) is 13.8. The van der Waals surface area contributed by atoms with Gasteiger partial charge in [0, 0.05) is 33.6 Å². The van der Waals surface area contributed by atoms with Gasteiger partial charge in [0.25, 0.3) is 5.56 Å². The van der Waals surface area contributed by atoms with Gasteiger partial charge in [0.15, 0.2) is 0 Å². The number of amides is 1. The Kier molecular flexibility index (Phi) is 6.37. The topological polar surface area (TPSA) is 133 Å². The maximum absolute atomic E-state index is 13.4. The Labute approximate surface area is 231 Å². The number of halogens is 2. The molecule has 3 aromatic heterocycles. The highest BCUT2D eigenvalue weighted by Crippen LogP contribution is 2.35. The summed E-state index contributed by atoms with van der Waals surface area (Å²) in [6.07, 6.45) is 3.99. The van der Waals surface area contributed by atoms with Crippen LogP contribution in [-0.4, -0.2) is 47.9 Å². The molecule has 13 heteroatoms. The Morgan fingerprint density at radius 3 is 2.77 bits per heavy atom. The highest BCUT2D eigenvalue weighted by molar-refractivity contribution is 6.33. The van der Waals surface area contributed by atoms with E-state index < -0.39 is 6.09 Å². The van der Waals surface area contributed by atoms with Gasteiger partial charge in [0.05, 0.1) is 35.8 Å². The summed E-state index contributed by atoms with van der Waals surface area (Å²) in [7, 11) is 1.29. The van der Waals surface area contributed by atoms with E-state index in [-0.39, 0.29) is 11.6 Å². The number of pyridine rings is 1. The number of rotatable bonds is 5. The van der Waals surface area contributed by atoms with E-state index in [1.807, 2.05) is 12.1 Å². The second-order valence-corrected chi connectivity index (χ2v) is 9.75. The Hall–Kier alpha value is -4.48. The maximum atomic E-state index is 13.4.